The molecule has 0 unspecified atom stereocenters. The molecule has 0 bridgehead atoms. The molecule has 0 atom stereocenters. The first-order valence-corrected chi connectivity index (χ1v) is 5.70. The Bertz CT molecular complexity index is 328. The highest BCUT2D eigenvalue weighted by molar-refractivity contribution is 5.36. The summed E-state index contributed by atoms with van der Waals surface area (Å²) >= 11 is 0. The highest BCUT2D eigenvalue weighted by Gasteiger charge is 2.16. The molecule has 76 valence electrons. The van der Waals surface area contributed by atoms with Crippen molar-refractivity contribution in [3.63, 3.8) is 0 Å². The third-order valence-electron chi connectivity index (χ3n) is 3.21. The summed E-state index contributed by atoms with van der Waals surface area (Å²) in [6.07, 6.45) is 5.33. The molecule has 1 aromatic carbocycles. The van der Waals surface area contributed by atoms with Crippen molar-refractivity contribution in [2.24, 2.45) is 0 Å². The highest BCUT2D eigenvalue weighted by atomic mass is 14.2. The zero-order valence-electron chi connectivity index (χ0n) is 9.56. The average molecular weight is 188 g/mol. The van der Waals surface area contributed by atoms with E-state index in [1.807, 2.05) is 0 Å². The predicted molar refractivity (Wildman–Crippen MR) is 61.8 cm³/mol. The van der Waals surface area contributed by atoms with E-state index in [4.69, 9.17) is 0 Å². The molecule has 0 fully saturated rings. The summed E-state index contributed by atoms with van der Waals surface area (Å²) in [6, 6.07) is 7.08. The van der Waals surface area contributed by atoms with E-state index in [9.17, 15) is 0 Å². The second kappa shape index (κ2) is 3.42. The molecular weight excluding hydrogens is 168 g/mol. The average Bonchev–Trinajstić information content (AvgIpc) is 2.16. The van der Waals surface area contributed by atoms with Gasteiger partial charge in [-0.3, -0.25) is 0 Å². The molecule has 14 heavy (non-hydrogen) atoms. The standard InChI is InChI=1S/C14H20/c1-14(2,3)13-9-8-11-6-4-5-7-12(11)10-13/h8-10H,4-7H2,1-3H3. The van der Waals surface area contributed by atoms with Crippen molar-refractivity contribution in [2.45, 2.75) is 51.9 Å². The zero-order valence-corrected chi connectivity index (χ0v) is 9.56. The van der Waals surface area contributed by atoms with Gasteiger partial charge in [-0.25, -0.2) is 0 Å². The van der Waals surface area contributed by atoms with E-state index in [2.05, 4.69) is 39.0 Å². The van der Waals surface area contributed by atoms with Crippen LogP contribution in [0, 0.1) is 0 Å². The third kappa shape index (κ3) is 1.84. The van der Waals surface area contributed by atoms with Gasteiger partial charge in [-0.05, 0) is 47.8 Å². The van der Waals surface area contributed by atoms with Crippen LogP contribution in [0.3, 0.4) is 0 Å². The molecule has 1 aliphatic carbocycles. The molecule has 0 radical (unpaired) electrons. The summed E-state index contributed by atoms with van der Waals surface area (Å²) in [5.41, 5.74) is 4.97. The van der Waals surface area contributed by atoms with Crippen LogP contribution < -0.4 is 0 Å². The lowest BCUT2D eigenvalue weighted by atomic mass is 9.82. The maximum absolute atomic E-state index is 2.43. The zero-order chi connectivity index (χ0) is 10.2. The van der Waals surface area contributed by atoms with Crippen LogP contribution in [0.1, 0.15) is 50.3 Å². The van der Waals surface area contributed by atoms with Crippen molar-refractivity contribution in [3.8, 4) is 0 Å². The Morgan fingerprint density at radius 3 is 2.21 bits per heavy atom. The quantitative estimate of drug-likeness (QED) is 0.580. The molecule has 0 nitrogen and oxygen atoms in total. The Morgan fingerprint density at radius 2 is 1.57 bits per heavy atom. The highest BCUT2D eigenvalue weighted by Crippen LogP contribution is 2.28. The topological polar surface area (TPSA) is 0 Å². The number of hydrogen-bond acceptors (Lipinski definition) is 0. The summed E-state index contributed by atoms with van der Waals surface area (Å²) in [5, 5.41) is 0. The van der Waals surface area contributed by atoms with Gasteiger partial charge in [-0.2, -0.15) is 0 Å². The van der Waals surface area contributed by atoms with Crippen LogP contribution in [0.4, 0.5) is 0 Å². The third-order valence-corrected chi connectivity index (χ3v) is 3.21. The number of benzene rings is 1. The molecule has 0 saturated carbocycles. The molecule has 0 heterocycles. The first-order valence-electron chi connectivity index (χ1n) is 5.70. The Morgan fingerprint density at radius 1 is 0.929 bits per heavy atom. The Kier molecular flexibility index (Phi) is 2.38. The van der Waals surface area contributed by atoms with Crippen LogP contribution in [0.15, 0.2) is 18.2 Å². The minimum absolute atomic E-state index is 0.298. The van der Waals surface area contributed by atoms with Gasteiger partial charge in [-0.1, -0.05) is 39.0 Å². The summed E-state index contributed by atoms with van der Waals surface area (Å²) < 4.78 is 0. The van der Waals surface area contributed by atoms with E-state index in [0.29, 0.717) is 5.41 Å². The number of hydrogen-bond donors (Lipinski definition) is 0. The minimum Gasteiger partial charge on any atom is -0.0585 e. The molecule has 0 saturated heterocycles. The maximum Gasteiger partial charge on any atom is -0.0132 e. The van der Waals surface area contributed by atoms with Crippen molar-refractivity contribution in [2.75, 3.05) is 0 Å². The monoisotopic (exact) mass is 188 g/mol. The van der Waals surface area contributed by atoms with Crippen molar-refractivity contribution >= 4 is 0 Å². The molecule has 0 heteroatoms. The fourth-order valence-electron chi connectivity index (χ4n) is 2.20. The summed E-state index contributed by atoms with van der Waals surface area (Å²) in [7, 11) is 0. The molecule has 1 aromatic rings. The largest absolute Gasteiger partial charge is 0.0585 e. The van der Waals surface area contributed by atoms with Crippen LogP contribution in [-0.2, 0) is 18.3 Å². The van der Waals surface area contributed by atoms with Gasteiger partial charge >= 0.3 is 0 Å². The van der Waals surface area contributed by atoms with Gasteiger partial charge in [0.05, 0.1) is 0 Å². The van der Waals surface area contributed by atoms with Crippen LogP contribution >= 0.6 is 0 Å². The van der Waals surface area contributed by atoms with E-state index in [1.54, 1.807) is 11.1 Å². The van der Waals surface area contributed by atoms with Gasteiger partial charge in [0.15, 0.2) is 0 Å². The van der Waals surface area contributed by atoms with Crippen LogP contribution in [0.5, 0.6) is 0 Å². The molecule has 0 aromatic heterocycles. The van der Waals surface area contributed by atoms with Gasteiger partial charge in [0, 0.05) is 0 Å². The molecule has 0 aliphatic heterocycles. The fourth-order valence-corrected chi connectivity index (χ4v) is 2.20. The Hall–Kier alpha value is -0.780. The predicted octanol–water partition coefficient (Wildman–Crippen LogP) is 3.86. The minimum atomic E-state index is 0.298. The maximum atomic E-state index is 2.43. The van der Waals surface area contributed by atoms with E-state index in [0.717, 1.165) is 0 Å². The van der Waals surface area contributed by atoms with Crippen LogP contribution in [-0.4, -0.2) is 0 Å². The van der Waals surface area contributed by atoms with E-state index < -0.39 is 0 Å². The second-order valence-corrected chi connectivity index (χ2v) is 5.44. The van der Waals surface area contributed by atoms with Crippen molar-refractivity contribution in [3.05, 3.63) is 34.9 Å². The van der Waals surface area contributed by atoms with E-state index in [1.165, 1.54) is 31.2 Å². The number of aryl methyl sites for hydroxylation is 2. The lowest BCUT2D eigenvalue weighted by molar-refractivity contribution is 0.586. The van der Waals surface area contributed by atoms with Crippen molar-refractivity contribution in [1.82, 2.24) is 0 Å². The first-order chi connectivity index (χ1) is 6.57. The summed E-state index contributed by atoms with van der Waals surface area (Å²) in [4.78, 5) is 0. The van der Waals surface area contributed by atoms with Crippen LogP contribution in [0.2, 0.25) is 0 Å². The Balaban J connectivity index is 2.39. The fraction of sp³-hybridized carbons (Fsp3) is 0.571. The van der Waals surface area contributed by atoms with Crippen LogP contribution in [0.25, 0.3) is 0 Å². The van der Waals surface area contributed by atoms with E-state index in [-0.39, 0.29) is 0 Å². The number of fused-ring (bicyclic) bond motifs is 1. The van der Waals surface area contributed by atoms with E-state index >= 15 is 0 Å². The molecule has 2 rings (SSSR count). The SMILES string of the molecule is CC(C)(C)c1ccc2c(c1)CCCC2. The lowest BCUT2D eigenvalue weighted by Gasteiger charge is -2.23. The van der Waals surface area contributed by atoms with Gasteiger partial charge in [0.25, 0.3) is 0 Å². The van der Waals surface area contributed by atoms with Gasteiger partial charge in [-0.15, -0.1) is 0 Å². The normalized spacial score (nSPS) is 16.5. The van der Waals surface area contributed by atoms with Gasteiger partial charge < -0.3 is 0 Å². The smallest absolute Gasteiger partial charge is 0.0132 e. The molecule has 0 amide bonds. The van der Waals surface area contributed by atoms with Gasteiger partial charge in [0.2, 0.25) is 0 Å². The van der Waals surface area contributed by atoms with Crippen molar-refractivity contribution in [1.29, 1.82) is 0 Å². The second-order valence-electron chi connectivity index (χ2n) is 5.44. The molecule has 0 spiro atoms. The number of rotatable bonds is 0. The summed E-state index contributed by atoms with van der Waals surface area (Å²) in [6.45, 7) is 6.87. The van der Waals surface area contributed by atoms with Crippen molar-refractivity contribution < 1.29 is 0 Å². The van der Waals surface area contributed by atoms with Gasteiger partial charge in [0.1, 0.15) is 0 Å². The molecular formula is C14H20. The Labute approximate surface area is 87.3 Å². The summed E-state index contributed by atoms with van der Waals surface area (Å²) in [5.74, 6) is 0. The molecule has 0 N–H and O–H groups in total. The first kappa shape index (κ1) is 9.76. The molecule has 1 aliphatic rings. The lowest BCUT2D eigenvalue weighted by Crippen LogP contribution is -2.13.